The van der Waals surface area contributed by atoms with E-state index >= 15 is 0 Å². The highest BCUT2D eigenvalue weighted by Gasteiger charge is 2.25. The predicted octanol–water partition coefficient (Wildman–Crippen LogP) is 4.78. The molecule has 0 radical (unpaired) electrons. The van der Waals surface area contributed by atoms with Crippen LogP contribution in [-0.4, -0.2) is 34.8 Å². The van der Waals surface area contributed by atoms with E-state index in [4.69, 9.17) is 14.5 Å². The Bertz CT molecular complexity index is 1240. The molecule has 2 heterocycles. The fraction of sp³-hybridized carbons (Fsp3) is 0.174. The monoisotopic (exact) mass is 418 g/mol. The van der Waals surface area contributed by atoms with Gasteiger partial charge in [0.25, 0.3) is 0 Å². The third kappa shape index (κ3) is 3.87. The zero-order valence-electron chi connectivity index (χ0n) is 17.2. The number of para-hydroxylation sites is 2. The molecule has 2 amide bonds. The van der Waals surface area contributed by atoms with Gasteiger partial charge in [-0.1, -0.05) is 42.5 Å². The zero-order chi connectivity index (χ0) is 21.8. The molecule has 0 spiro atoms. The van der Waals surface area contributed by atoms with Crippen molar-refractivity contribution in [2.45, 2.75) is 13.8 Å². The van der Waals surface area contributed by atoms with Gasteiger partial charge < -0.3 is 9.47 Å². The van der Waals surface area contributed by atoms with Gasteiger partial charge in [-0.05, 0) is 38.1 Å². The second kappa shape index (κ2) is 8.74. The van der Waals surface area contributed by atoms with Gasteiger partial charge in [0, 0.05) is 5.56 Å². The zero-order valence-corrected chi connectivity index (χ0v) is 17.2. The van der Waals surface area contributed by atoms with Crippen LogP contribution in [0.4, 0.5) is 15.4 Å². The molecule has 0 atom stereocenters. The second-order valence-electron chi connectivity index (χ2n) is 6.59. The molecule has 0 fully saturated rings. The van der Waals surface area contributed by atoms with Crippen LogP contribution in [0.5, 0.6) is 0 Å². The van der Waals surface area contributed by atoms with Crippen LogP contribution < -0.4 is 10.4 Å². The summed E-state index contributed by atoms with van der Waals surface area (Å²) in [7, 11) is 0. The van der Waals surface area contributed by atoms with E-state index in [1.54, 1.807) is 19.9 Å². The van der Waals surface area contributed by atoms with Crippen molar-refractivity contribution in [1.82, 2.24) is 14.8 Å². The summed E-state index contributed by atoms with van der Waals surface area (Å²) in [6.07, 6.45) is -1.48. The van der Waals surface area contributed by atoms with Gasteiger partial charge in [0.15, 0.2) is 0 Å². The van der Waals surface area contributed by atoms with Gasteiger partial charge in [-0.25, -0.2) is 20.0 Å². The molecular formula is C23H22N4O4. The summed E-state index contributed by atoms with van der Waals surface area (Å²) in [5.74, 6) is 0.400. The Morgan fingerprint density at radius 1 is 0.903 bits per heavy atom. The van der Waals surface area contributed by atoms with Crippen molar-refractivity contribution in [3.05, 3.63) is 66.7 Å². The fourth-order valence-electron chi connectivity index (χ4n) is 3.41. The number of amides is 2. The number of nitrogens with one attached hydrogen (secondary N) is 1. The quantitative estimate of drug-likeness (QED) is 0.482. The first-order valence-electron chi connectivity index (χ1n) is 10.00. The Balaban J connectivity index is 1.96. The molecule has 4 rings (SSSR count). The molecule has 0 unspecified atom stereocenters. The summed E-state index contributed by atoms with van der Waals surface area (Å²) in [5, 5.41) is 1.05. The van der Waals surface area contributed by atoms with Crippen LogP contribution in [0.1, 0.15) is 13.8 Å². The largest absolute Gasteiger partial charge is 0.449 e. The average Bonchev–Trinajstić information content (AvgIpc) is 3.23. The summed E-state index contributed by atoms with van der Waals surface area (Å²) in [6.45, 7) is 3.71. The molecule has 0 aliphatic heterocycles. The Morgan fingerprint density at radius 2 is 1.61 bits per heavy atom. The maximum absolute atomic E-state index is 12.7. The molecule has 0 aliphatic rings. The molecular weight excluding hydrogens is 396 g/mol. The standard InChI is InChI=1S/C23H22N4O4/c1-3-30-22(28)25-27(23(29)31-4-2)20-15-14-19-21(16-10-6-5-7-11-16)24-17-12-8-9-13-18(17)26(19)20/h5-15H,3-4H2,1-2H3,(H,25,28). The van der Waals surface area contributed by atoms with Crippen molar-refractivity contribution in [1.29, 1.82) is 0 Å². The van der Waals surface area contributed by atoms with Crippen molar-refractivity contribution in [2.24, 2.45) is 0 Å². The summed E-state index contributed by atoms with van der Waals surface area (Å²) in [6, 6.07) is 21.0. The molecule has 2 aromatic heterocycles. The van der Waals surface area contributed by atoms with E-state index in [1.165, 1.54) is 0 Å². The Labute approximate surface area is 179 Å². The van der Waals surface area contributed by atoms with Gasteiger partial charge in [0.05, 0.1) is 35.5 Å². The van der Waals surface area contributed by atoms with Gasteiger partial charge in [0.1, 0.15) is 5.82 Å². The van der Waals surface area contributed by atoms with Crippen molar-refractivity contribution in [2.75, 3.05) is 18.2 Å². The lowest BCUT2D eigenvalue weighted by atomic mass is 10.1. The maximum Gasteiger partial charge on any atom is 0.434 e. The number of hydrogen-bond acceptors (Lipinski definition) is 5. The molecule has 0 aliphatic carbocycles. The Morgan fingerprint density at radius 3 is 2.35 bits per heavy atom. The predicted molar refractivity (Wildman–Crippen MR) is 118 cm³/mol. The van der Waals surface area contributed by atoms with Crippen LogP contribution in [-0.2, 0) is 9.47 Å². The highest BCUT2D eigenvalue weighted by molar-refractivity contribution is 5.95. The highest BCUT2D eigenvalue weighted by atomic mass is 16.6. The minimum Gasteiger partial charge on any atom is -0.449 e. The van der Waals surface area contributed by atoms with Crippen molar-refractivity contribution >= 4 is 34.6 Å². The Hall–Kier alpha value is -4.07. The summed E-state index contributed by atoms with van der Waals surface area (Å²) in [5.41, 5.74) is 6.46. The molecule has 0 saturated carbocycles. The average molecular weight is 418 g/mol. The molecule has 31 heavy (non-hydrogen) atoms. The topological polar surface area (TPSA) is 85.2 Å². The van der Waals surface area contributed by atoms with E-state index in [-0.39, 0.29) is 13.2 Å². The van der Waals surface area contributed by atoms with Gasteiger partial charge in [-0.3, -0.25) is 4.40 Å². The molecule has 4 aromatic rings. The number of nitrogens with zero attached hydrogens (tertiary/aromatic N) is 3. The molecule has 8 heteroatoms. The molecule has 0 saturated heterocycles. The van der Waals surface area contributed by atoms with E-state index in [2.05, 4.69) is 5.43 Å². The van der Waals surface area contributed by atoms with Gasteiger partial charge in [-0.2, -0.15) is 5.01 Å². The highest BCUT2D eigenvalue weighted by Crippen LogP contribution is 2.31. The molecule has 1 N–H and O–H groups in total. The smallest absolute Gasteiger partial charge is 0.434 e. The van der Waals surface area contributed by atoms with E-state index in [0.29, 0.717) is 5.82 Å². The second-order valence-corrected chi connectivity index (χ2v) is 6.59. The molecule has 158 valence electrons. The van der Waals surface area contributed by atoms with E-state index in [9.17, 15) is 9.59 Å². The fourth-order valence-corrected chi connectivity index (χ4v) is 3.41. The van der Waals surface area contributed by atoms with Gasteiger partial charge in [0.2, 0.25) is 0 Å². The number of rotatable bonds is 4. The van der Waals surface area contributed by atoms with E-state index < -0.39 is 12.2 Å². The first-order valence-corrected chi connectivity index (χ1v) is 10.00. The van der Waals surface area contributed by atoms with Gasteiger partial charge >= 0.3 is 12.2 Å². The summed E-state index contributed by atoms with van der Waals surface area (Å²) >= 11 is 0. The number of carbonyl (C=O) groups excluding carboxylic acids is 2. The summed E-state index contributed by atoms with van der Waals surface area (Å²) < 4.78 is 12.0. The van der Waals surface area contributed by atoms with Crippen molar-refractivity contribution < 1.29 is 19.1 Å². The van der Waals surface area contributed by atoms with E-state index in [0.717, 1.165) is 32.8 Å². The lowest BCUT2D eigenvalue weighted by Gasteiger charge is -2.22. The molecule has 2 aromatic carbocycles. The van der Waals surface area contributed by atoms with Gasteiger partial charge in [-0.15, -0.1) is 0 Å². The minimum atomic E-state index is -0.757. The third-order valence-electron chi connectivity index (χ3n) is 4.66. The van der Waals surface area contributed by atoms with E-state index in [1.807, 2.05) is 65.1 Å². The van der Waals surface area contributed by atoms with Crippen LogP contribution in [0.15, 0.2) is 66.7 Å². The van der Waals surface area contributed by atoms with Crippen LogP contribution in [0, 0.1) is 0 Å². The van der Waals surface area contributed by atoms with Crippen molar-refractivity contribution in [3.8, 4) is 11.3 Å². The van der Waals surface area contributed by atoms with Crippen LogP contribution >= 0.6 is 0 Å². The SMILES string of the molecule is CCOC(=O)NN(C(=O)OCC)c1ccc2c(-c3ccccc3)nc3ccccc3n12. The summed E-state index contributed by atoms with van der Waals surface area (Å²) in [4.78, 5) is 29.7. The lowest BCUT2D eigenvalue weighted by molar-refractivity contribution is 0.138. The van der Waals surface area contributed by atoms with Crippen LogP contribution in [0.25, 0.3) is 27.8 Å². The number of fused-ring (bicyclic) bond motifs is 3. The molecule has 0 bridgehead atoms. The number of ether oxygens (including phenoxy) is 2. The lowest BCUT2D eigenvalue weighted by Crippen LogP contribution is -2.47. The first kappa shape index (κ1) is 20.2. The minimum absolute atomic E-state index is 0.153. The number of aromatic nitrogens is 2. The molecule has 8 nitrogen and oxygen atoms in total. The number of hydrogen-bond donors (Lipinski definition) is 1. The third-order valence-corrected chi connectivity index (χ3v) is 4.66. The maximum atomic E-state index is 12.7. The number of carbonyl (C=O) groups is 2. The van der Waals surface area contributed by atoms with Crippen molar-refractivity contribution in [3.63, 3.8) is 0 Å². The number of hydrazine groups is 1. The number of anilines is 1. The number of benzene rings is 2. The first-order chi connectivity index (χ1) is 15.1. The normalized spacial score (nSPS) is 10.8. The Kier molecular flexibility index (Phi) is 5.70. The van der Waals surface area contributed by atoms with Crippen LogP contribution in [0.3, 0.4) is 0 Å². The van der Waals surface area contributed by atoms with Crippen LogP contribution in [0.2, 0.25) is 0 Å².